The van der Waals surface area contributed by atoms with Crippen LogP contribution in [0.3, 0.4) is 0 Å². The van der Waals surface area contributed by atoms with Gasteiger partial charge in [0, 0.05) is 14.1 Å². The number of aromatic amines is 1. The molecule has 0 spiro atoms. The second-order valence-corrected chi connectivity index (χ2v) is 4.07. The molecule has 2 aromatic heterocycles. The molecule has 8 heteroatoms. The van der Waals surface area contributed by atoms with Crippen LogP contribution >= 0.6 is 11.6 Å². The van der Waals surface area contributed by atoms with Gasteiger partial charge in [-0.3, -0.25) is 9.78 Å². The highest BCUT2D eigenvalue weighted by molar-refractivity contribution is 6.28. The number of H-pyrrole nitrogens is 1. The first-order valence-corrected chi connectivity index (χ1v) is 5.33. The molecule has 0 saturated carbocycles. The minimum absolute atomic E-state index is 0.0942. The van der Waals surface area contributed by atoms with E-state index in [9.17, 15) is 9.18 Å². The van der Waals surface area contributed by atoms with Crippen molar-refractivity contribution in [3.63, 3.8) is 0 Å². The lowest BCUT2D eigenvalue weighted by Crippen LogP contribution is -2.17. The minimum atomic E-state index is -1.02. The highest BCUT2D eigenvalue weighted by Crippen LogP contribution is 2.30. The van der Waals surface area contributed by atoms with Gasteiger partial charge in [0.15, 0.2) is 0 Å². The van der Waals surface area contributed by atoms with Crippen LogP contribution in [-0.2, 0) is 0 Å². The average Bonchev–Trinajstić information content (AvgIpc) is 2.32. The Bertz CT molecular complexity index is 671. The molecular weight excluding hydrogens is 263 g/mol. The number of fused-ring (bicyclic) bond motifs is 1. The Labute approximate surface area is 106 Å². The van der Waals surface area contributed by atoms with Gasteiger partial charge in [0.1, 0.15) is 16.7 Å². The number of methoxy groups -OCH3 is 1. The van der Waals surface area contributed by atoms with Gasteiger partial charge in [0.25, 0.3) is 5.56 Å². The standard InChI is InChI=1S/C10H10ClFN4O2/c1-16(2)7-4-6(13-10(11)14-7)5(12)8(17)15-9(4)18-3/h1-3H3,(H,15,17). The molecule has 2 rings (SSSR count). The molecule has 0 fully saturated rings. The maximum atomic E-state index is 13.8. The number of ether oxygens (including phenoxy) is 1. The third kappa shape index (κ3) is 1.86. The van der Waals surface area contributed by atoms with Gasteiger partial charge in [-0.1, -0.05) is 0 Å². The molecular formula is C10H10ClFN4O2. The van der Waals surface area contributed by atoms with Crippen molar-refractivity contribution in [1.29, 1.82) is 0 Å². The topological polar surface area (TPSA) is 71.1 Å². The van der Waals surface area contributed by atoms with Crippen molar-refractivity contribution < 1.29 is 9.13 Å². The average molecular weight is 273 g/mol. The Hall–Kier alpha value is -1.89. The summed E-state index contributed by atoms with van der Waals surface area (Å²) >= 11 is 5.72. The molecule has 2 aromatic rings. The van der Waals surface area contributed by atoms with Crippen LogP contribution in [0.15, 0.2) is 4.79 Å². The molecule has 0 radical (unpaired) electrons. The number of pyridine rings is 1. The van der Waals surface area contributed by atoms with E-state index in [4.69, 9.17) is 16.3 Å². The number of halogens is 2. The van der Waals surface area contributed by atoms with Crippen LogP contribution in [0.4, 0.5) is 10.2 Å². The summed E-state index contributed by atoms with van der Waals surface area (Å²) in [5, 5.41) is 0.127. The fourth-order valence-corrected chi connectivity index (χ4v) is 1.76. The molecule has 0 amide bonds. The first kappa shape index (κ1) is 12.6. The lowest BCUT2D eigenvalue weighted by Gasteiger charge is -2.15. The van der Waals surface area contributed by atoms with E-state index >= 15 is 0 Å². The first-order chi connectivity index (χ1) is 8.45. The number of hydrogen-bond donors (Lipinski definition) is 1. The van der Waals surface area contributed by atoms with Crippen LogP contribution in [0.25, 0.3) is 10.9 Å². The Morgan fingerprint density at radius 1 is 1.39 bits per heavy atom. The predicted octanol–water partition coefficient (Wildman–Crippen LogP) is 1.19. The number of aromatic nitrogens is 3. The van der Waals surface area contributed by atoms with Crippen molar-refractivity contribution >= 4 is 28.3 Å². The zero-order valence-electron chi connectivity index (χ0n) is 9.91. The predicted molar refractivity (Wildman–Crippen MR) is 66.0 cm³/mol. The molecule has 0 saturated heterocycles. The quantitative estimate of drug-likeness (QED) is 0.832. The van der Waals surface area contributed by atoms with Crippen LogP contribution in [0.5, 0.6) is 5.88 Å². The third-order valence-corrected chi connectivity index (χ3v) is 2.52. The molecule has 18 heavy (non-hydrogen) atoms. The van der Waals surface area contributed by atoms with Crippen molar-refractivity contribution in [2.45, 2.75) is 0 Å². The second-order valence-electron chi connectivity index (χ2n) is 3.74. The Kier molecular flexibility index (Phi) is 3.08. The molecule has 0 unspecified atom stereocenters. The number of hydrogen-bond acceptors (Lipinski definition) is 5. The summed E-state index contributed by atoms with van der Waals surface area (Å²) in [6.07, 6.45) is 0. The van der Waals surface area contributed by atoms with Gasteiger partial charge in [0.05, 0.1) is 7.11 Å². The fourth-order valence-electron chi connectivity index (χ4n) is 1.59. The maximum absolute atomic E-state index is 13.8. The SMILES string of the molecule is COc1[nH]c(=O)c(F)c2nc(Cl)nc(N(C)C)c12. The summed E-state index contributed by atoms with van der Waals surface area (Å²) in [6.45, 7) is 0. The van der Waals surface area contributed by atoms with Crippen molar-refractivity contribution in [2.24, 2.45) is 0 Å². The van der Waals surface area contributed by atoms with Crippen LogP contribution in [0.1, 0.15) is 0 Å². The van der Waals surface area contributed by atoms with E-state index in [1.54, 1.807) is 19.0 Å². The van der Waals surface area contributed by atoms with Crippen LogP contribution < -0.4 is 15.2 Å². The fraction of sp³-hybridized carbons (Fsp3) is 0.300. The number of rotatable bonds is 2. The highest BCUT2D eigenvalue weighted by atomic mass is 35.5. The van der Waals surface area contributed by atoms with Gasteiger partial charge in [-0.25, -0.2) is 4.98 Å². The molecule has 0 aliphatic heterocycles. The summed E-state index contributed by atoms with van der Waals surface area (Å²) in [7, 11) is 4.78. The van der Waals surface area contributed by atoms with Gasteiger partial charge < -0.3 is 9.64 Å². The van der Waals surface area contributed by atoms with E-state index in [1.807, 2.05) is 0 Å². The van der Waals surface area contributed by atoms with E-state index in [2.05, 4.69) is 15.0 Å². The molecule has 0 atom stereocenters. The molecule has 6 nitrogen and oxygen atoms in total. The van der Waals surface area contributed by atoms with Crippen molar-refractivity contribution in [3.05, 3.63) is 21.5 Å². The monoisotopic (exact) mass is 272 g/mol. The molecule has 2 heterocycles. The maximum Gasteiger partial charge on any atom is 0.289 e. The first-order valence-electron chi connectivity index (χ1n) is 4.96. The summed E-state index contributed by atoms with van der Waals surface area (Å²) < 4.78 is 18.8. The highest BCUT2D eigenvalue weighted by Gasteiger charge is 2.19. The van der Waals surface area contributed by atoms with E-state index in [-0.39, 0.29) is 22.1 Å². The van der Waals surface area contributed by atoms with Crippen LogP contribution in [0, 0.1) is 5.82 Å². The van der Waals surface area contributed by atoms with E-state index in [0.717, 1.165) is 0 Å². The third-order valence-electron chi connectivity index (χ3n) is 2.35. The molecule has 96 valence electrons. The molecule has 0 aliphatic rings. The smallest absolute Gasteiger partial charge is 0.289 e. The lowest BCUT2D eigenvalue weighted by atomic mass is 10.2. The van der Waals surface area contributed by atoms with Crippen LogP contribution in [-0.4, -0.2) is 36.2 Å². The Morgan fingerprint density at radius 2 is 2.06 bits per heavy atom. The molecule has 0 aromatic carbocycles. The molecule has 0 aliphatic carbocycles. The minimum Gasteiger partial charge on any atom is -0.482 e. The normalized spacial score (nSPS) is 10.7. The van der Waals surface area contributed by atoms with Gasteiger partial charge in [-0.05, 0) is 11.6 Å². The number of nitrogens with one attached hydrogen (secondary N) is 1. The van der Waals surface area contributed by atoms with Crippen LogP contribution in [0.2, 0.25) is 5.28 Å². The Morgan fingerprint density at radius 3 is 2.61 bits per heavy atom. The largest absolute Gasteiger partial charge is 0.482 e. The zero-order valence-corrected chi connectivity index (χ0v) is 10.7. The van der Waals surface area contributed by atoms with Crippen molar-refractivity contribution in [1.82, 2.24) is 15.0 Å². The summed E-state index contributed by atoms with van der Waals surface area (Å²) in [6, 6.07) is 0. The summed E-state index contributed by atoms with van der Waals surface area (Å²) in [5.74, 6) is -0.563. The van der Waals surface area contributed by atoms with E-state index < -0.39 is 11.4 Å². The van der Waals surface area contributed by atoms with Gasteiger partial charge in [-0.15, -0.1) is 0 Å². The van der Waals surface area contributed by atoms with E-state index in [1.165, 1.54) is 7.11 Å². The van der Waals surface area contributed by atoms with Gasteiger partial charge in [0.2, 0.25) is 17.0 Å². The van der Waals surface area contributed by atoms with E-state index in [0.29, 0.717) is 5.82 Å². The summed E-state index contributed by atoms with van der Waals surface area (Å²) in [5.41, 5.74) is -1.09. The number of nitrogens with zero attached hydrogens (tertiary/aromatic N) is 3. The molecule has 1 N–H and O–H groups in total. The summed E-state index contributed by atoms with van der Waals surface area (Å²) in [4.78, 5) is 23.0. The number of anilines is 1. The second kappa shape index (κ2) is 4.41. The molecule has 0 bridgehead atoms. The Balaban J connectivity index is 3.03. The zero-order chi connectivity index (χ0) is 13.4. The lowest BCUT2D eigenvalue weighted by molar-refractivity contribution is 0.400. The van der Waals surface area contributed by atoms with Gasteiger partial charge >= 0.3 is 0 Å². The van der Waals surface area contributed by atoms with Crippen molar-refractivity contribution in [3.8, 4) is 5.88 Å². The van der Waals surface area contributed by atoms with Crippen molar-refractivity contribution in [2.75, 3.05) is 26.1 Å². The van der Waals surface area contributed by atoms with Gasteiger partial charge in [-0.2, -0.15) is 9.37 Å².